The summed E-state index contributed by atoms with van der Waals surface area (Å²) >= 11 is 0. The van der Waals surface area contributed by atoms with E-state index in [4.69, 9.17) is 17.2 Å². The van der Waals surface area contributed by atoms with Crippen LogP contribution in [0.15, 0.2) is 103 Å². The Morgan fingerprint density at radius 3 is 1.41 bits per heavy atom. The third-order valence-electron chi connectivity index (χ3n) is 4.15. The molecule has 0 fully saturated rings. The normalized spacial score (nSPS) is 9.93. The van der Waals surface area contributed by atoms with Crippen LogP contribution in [0.4, 0.5) is 17.1 Å². The molecule has 0 saturated carbocycles. The van der Waals surface area contributed by atoms with Gasteiger partial charge >= 0.3 is 0 Å². The number of nitrogens with two attached hydrogens (primary N) is 3. The zero-order valence-electron chi connectivity index (χ0n) is 15.0. The second-order valence-electron chi connectivity index (χ2n) is 6.20. The molecule has 3 heteroatoms. The Bertz CT molecular complexity index is 979. The highest BCUT2D eigenvalue weighted by molar-refractivity contribution is 5.85. The molecule has 0 spiro atoms. The zero-order valence-corrected chi connectivity index (χ0v) is 15.0. The molecule has 0 bridgehead atoms. The fourth-order valence-electron chi connectivity index (χ4n) is 2.79. The minimum atomic E-state index is 0.767. The highest BCUT2D eigenvalue weighted by Gasteiger charge is 2.07. The fourth-order valence-corrected chi connectivity index (χ4v) is 2.79. The van der Waals surface area contributed by atoms with Gasteiger partial charge in [-0.2, -0.15) is 0 Å². The van der Waals surface area contributed by atoms with Crippen LogP contribution in [0.5, 0.6) is 0 Å². The minimum Gasteiger partial charge on any atom is -0.399 e. The number of benzene rings is 4. The molecule has 0 atom stereocenters. The molecular weight excluding hydrogens is 330 g/mol. The summed E-state index contributed by atoms with van der Waals surface area (Å²) < 4.78 is 0. The van der Waals surface area contributed by atoms with Crippen LogP contribution < -0.4 is 17.2 Å². The van der Waals surface area contributed by atoms with Gasteiger partial charge in [0.25, 0.3) is 0 Å². The van der Waals surface area contributed by atoms with Gasteiger partial charge in [0.05, 0.1) is 0 Å². The summed E-state index contributed by atoms with van der Waals surface area (Å²) in [6.45, 7) is 0. The number of hydrogen-bond donors (Lipinski definition) is 3. The summed E-state index contributed by atoms with van der Waals surface area (Å²) in [5.41, 5.74) is 24.0. The van der Waals surface area contributed by atoms with Crippen molar-refractivity contribution in [2.45, 2.75) is 0 Å². The van der Waals surface area contributed by atoms with Crippen LogP contribution in [-0.4, -0.2) is 0 Å². The van der Waals surface area contributed by atoms with E-state index >= 15 is 0 Å². The van der Waals surface area contributed by atoms with Crippen LogP contribution in [0, 0.1) is 0 Å². The van der Waals surface area contributed by atoms with E-state index in [0.717, 1.165) is 39.3 Å². The molecule has 0 amide bonds. The highest BCUT2D eigenvalue weighted by atomic mass is 14.5. The predicted molar refractivity (Wildman–Crippen MR) is 117 cm³/mol. The van der Waals surface area contributed by atoms with Gasteiger partial charge in [0, 0.05) is 17.1 Å². The van der Waals surface area contributed by atoms with E-state index in [-0.39, 0.29) is 0 Å². The van der Waals surface area contributed by atoms with Gasteiger partial charge in [-0.25, -0.2) is 0 Å². The minimum absolute atomic E-state index is 0.767. The largest absolute Gasteiger partial charge is 0.399 e. The van der Waals surface area contributed by atoms with Crippen molar-refractivity contribution in [1.82, 2.24) is 0 Å². The fraction of sp³-hybridized carbons (Fsp3) is 0. The van der Waals surface area contributed by atoms with E-state index in [0.29, 0.717) is 0 Å². The van der Waals surface area contributed by atoms with Crippen LogP contribution in [0.3, 0.4) is 0 Å². The molecule has 0 aliphatic rings. The molecule has 4 aromatic rings. The predicted octanol–water partition coefficient (Wildman–Crippen LogP) is 5.45. The second kappa shape index (κ2) is 8.59. The summed E-state index contributed by atoms with van der Waals surface area (Å²) in [6, 6.07) is 33.7. The maximum atomic E-state index is 5.95. The van der Waals surface area contributed by atoms with E-state index in [1.54, 1.807) is 0 Å². The maximum absolute atomic E-state index is 5.95. The van der Waals surface area contributed by atoms with Crippen LogP contribution in [-0.2, 0) is 0 Å². The number of rotatable bonds is 2. The Morgan fingerprint density at radius 1 is 0.370 bits per heavy atom. The lowest BCUT2D eigenvalue weighted by atomic mass is 9.94. The summed E-state index contributed by atoms with van der Waals surface area (Å²) in [5.74, 6) is 0. The molecular formula is C24H23N3. The first-order valence-corrected chi connectivity index (χ1v) is 8.75. The average Bonchev–Trinajstić information content (AvgIpc) is 2.70. The van der Waals surface area contributed by atoms with Crippen molar-refractivity contribution in [1.29, 1.82) is 0 Å². The molecule has 0 unspecified atom stereocenters. The van der Waals surface area contributed by atoms with E-state index < -0.39 is 0 Å². The Kier molecular flexibility index (Phi) is 5.75. The number of anilines is 3. The summed E-state index contributed by atoms with van der Waals surface area (Å²) in [5, 5.41) is 0. The molecule has 0 saturated heterocycles. The van der Waals surface area contributed by atoms with Crippen molar-refractivity contribution in [3.63, 3.8) is 0 Å². The highest BCUT2D eigenvalue weighted by Crippen LogP contribution is 2.33. The quantitative estimate of drug-likeness (QED) is 0.419. The van der Waals surface area contributed by atoms with Crippen molar-refractivity contribution < 1.29 is 0 Å². The lowest BCUT2D eigenvalue weighted by Crippen LogP contribution is -1.90. The summed E-state index contributed by atoms with van der Waals surface area (Å²) in [6.07, 6.45) is 0. The molecule has 0 aliphatic heterocycles. The maximum Gasteiger partial charge on any atom is 0.0320 e. The van der Waals surface area contributed by atoms with Gasteiger partial charge in [0.2, 0.25) is 0 Å². The third-order valence-corrected chi connectivity index (χ3v) is 4.15. The van der Waals surface area contributed by atoms with Crippen molar-refractivity contribution in [3.05, 3.63) is 103 Å². The smallest absolute Gasteiger partial charge is 0.0320 e. The molecule has 4 aromatic carbocycles. The Morgan fingerprint density at radius 2 is 0.852 bits per heavy atom. The number of nitrogen functional groups attached to an aromatic ring is 3. The average molecular weight is 353 g/mol. The van der Waals surface area contributed by atoms with Crippen LogP contribution in [0.1, 0.15) is 0 Å². The lowest BCUT2D eigenvalue weighted by molar-refractivity contribution is 1.57. The third kappa shape index (κ3) is 4.89. The van der Waals surface area contributed by atoms with E-state index in [1.165, 1.54) is 0 Å². The first kappa shape index (κ1) is 18.1. The zero-order chi connectivity index (χ0) is 19.1. The van der Waals surface area contributed by atoms with E-state index in [9.17, 15) is 0 Å². The molecule has 0 radical (unpaired) electrons. The van der Waals surface area contributed by atoms with Crippen LogP contribution >= 0.6 is 0 Å². The SMILES string of the molecule is Nc1ccc(-c2ccc(N)cc2-c2ccccc2)cc1.Nc1ccccc1. The topological polar surface area (TPSA) is 78.1 Å². The molecule has 0 aromatic heterocycles. The van der Waals surface area contributed by atoms with Gasteiger partial charge in [-0.05, 0) is 58.7 Å². The lowest BCUT2D eigenvalue weighted by Gasteiger charge is -2.11. The van der Waals surface area contributed by atoms with Crippen LogP contribution in [0.25, 0.3) is 22.3 Å². The number of hydrogen-bond acceptors (Lipinski definition) is 3. The van der Waals surface area contributed by atoms with Gasteiger partial charge in [0.15, 0.2) is 0 Å². The first-order valence-electron chi connectivity index (χ1n) is 8.75. The van der Waals surface area contributed by atoms with Crippen molar-refractivity contribution in [2.24, 2.45) is 0 Å². The molecule has 0 aliphatic carbocycles. The van der Waals surface area contributed by atoms with Gasteiger partial charge in [-0.1, -0.05) is 66.7 Å². The standard InChI is InChI=1S/C18H16N2.C6H7N/c19-15-8-6-14(7-9-15)17-11-10-16(20)12-18(17)13-4-2-1-3-5-13;7-6-4-2-1-3-5-6/h1-12H,19-20H2;1-5H,7H2. The summed E-state index contributed by atoms with van der Waals surface area (Å²) in [4.78, 5) is 0. The Hall–Kier alpha value is -3.72. The monoisotopic (exact) mass is 353 g/mol. The molecule has 134 valence electrons. The van der Waals surface area contributed by atoms with Crippen molar-refractivity contribution in [2.75, 3.05) is 17.2 Å². The van der Waals surface area contributed by atoms with E-state index in [1.807, 2.05) is 84.9 Å². The molecule has 27 heavy (non-hydrogen) atoms. The van der Waals surface area contributed by atoms with Gasteiger partial charge < -0.3 is 17.2 Å². The Labute approximate surface area is 160 Å². The van der Waals surface area contributed by atoms with E-state index in [2.05, 4.69) is 18.2 Å². The van der Waals surface area contributed by atoms with Gasteiger partial charge in [-0.3, -0.25) is 0 Å². The van der Waals surface area contributed by atoms with Gasteiger partial charge in [0.1, 0.15) is 0 Å². The summed E-state index contributed by atoms with van der Waals surface area (Å²) in [7, 11) is 0. The molecule has 0 heterocycles. The first-order chi connectivity index (χ1) is 13.1. The van der Waals surface area contributed by atoms with Crippen LogP contribution in [0.2, 0.25) is 0 Å². The molecule has 3 nitrogen and oxygen atoms in total. The second-order valence-corrected chi connectivity index (χ2v) is 6.20. The Balaban J connectivity index is 0.000000253. The molecule has 6 N–H and O–H groups in total. The van der Waals surface area contributed by atoms with Crippen molar-refractivity contribution in [3.8, 4) is 22.3 Å². The van der Waals surface area contributed by atoms with Gasteiger partial charge in [-0.15, -0.1) is 0 Å². The molecule has 4 rings (SSSR count). The van der Waals surface area contributed by atoms with Crippen molar-refractivity contribution >= 4 is 17.1 Å². The number of para-hydroxylation sites is 1.